The highest BCUT2D eigenvalue weighted by Gasteiger charge is 2.02. The molecule has 0 atom stereocenters. The number of anilines is 1. The van der Waals surface area contributed by atoms with E-state index >= 15 is 0 Å². The molecule has 2 aromatic rings. The van der Waals surface area contributed by atoms with Gasteiger partial charge in [-0.3, -0.25) is 0 Å². The standard InChI is InChI=1S/C14H16BrNOS/c1-10-14(15)8-13(18-10)9-16-12-4-2-11(3-5-12)6-7-17/h2-5,8,16-17H,6-7,9H2,1H3. The lowest BCUT2D eigenvalue weighted by molar-refractivity contribution is 0.299. The Balaban J connectivity index is 1.93. The predicted octanol–water partition coefficient (Wildman–Crippen LogP) is 3.97. The zero-order chi connectivity index (χ0) is 13.0. The van der Waals surface area contributed by atoms with Crippen LogP contribution in [-0.4, -0.2) is 11.7 Å². The van der Waals surface area contributed by atoms with Crippen LogP contribution in [-0.2, 0) is 13.0 Å². The van der Waals surface area contributed by atoms with Gasteiger partial charge in [-0.05, 0) is 53.0 Å². The lowest BCUT2D eigenvalue weighted by atomic mass is 10.1. The van der Waals surface area contributed by atoms with Crippen LogP contribution in [0.3, 0.4) is 0 Å². The molecule has 0 saturated heterocycles. The zero-order valence-electron chi connectivity index (χ0n) is 10.2. The Morgan fingerprint density at radius 1 is 1.28 bits per heavy atom. The molecular formula is C14H16BrNOS. The monoisotopic (exact) mass is 325 g/mol. The van der Waals surface area contributed by atoms with Crippen LogP contribution in [0.1, 0.15) is 15.3 Å². The molecule has 2 nitrogen and oxygen atoms in total. The summed E-state index contributed by atoms with van der Waals surface area (Å²) >= 11 is 5.33. The molecule has 0 saturated carbocycles. The summed E-state index contributed by atoms with van der Waals surface area (Å²) in [6.07, 6.45) is 0.720. The van der Waals surface area contributed by atoms with Crippen molar-refractivity contribution in [2.45, 2.75) is 19.9 Å². The second kappa shape index (κ2) is 6.36. The Morgan fingerprint density at radius 2 is 2.00 bits per heavy atom. The highest BCUT2D eigenvalue weighted by molar-refractivity contribution is 9.10. The number of aryl methyl sites for hydroxylation is 1. The lowest BCUT2D eigenvalue weighted by Crippen LogP contribution is -1.97. The minimum atomic E-state index is 0.204. The average Bonchev–Trinajstić information content (AvgIpc) is 2.68. The SMILES string of the molecule is Cc1sc(CNc2ccc(CCO)cc2)cc1Br. The van der Waals surface area contributed by atoms with Gasteiger partial charge in [0, 0.05) is 33.1 Å². The average molecular weight is 326 g/mol. The molecule has 2 N–H and O–H groups in total. The molecule has 0 aliphatic rings. The fourth-order valence-corrected chi connectivity index (χ4v) is 3.25. The Morgan fingerprint density at radius 3 is 2.56 bits per heavy atom. The van der Waals surface area contributed by atoms with Crippen LogP contribution in [0.25, 0.3) is 0 Å². The summed E-state index contributed by atoms with van der Waals surface area (Å²) in [6.45, 7) is 3.16. The predicted molar refractivity (Wildman–Crippen MR) is 81.3 cm³/mol. The number of halogens is 1. The Kier molecular flexibility index (Phi) is 4.80. The van der Waals surface area contributed by atoms with Gasteiger partial charge in [0.2, 0.25) is 0 Å². The van der Waals surface area contributed by atoms with E-state index in [1.54, 1.807) is 11.3 Å². The van der Waals surface area contributed by atoms with E-state index in [1.807, 2.05) is 12.1 Å². The van der Waals surface area contributed by atoms with Crippen LogP contribution in [0.5, 0.6) is 0 Å². The number of aliphatic hydroxyl groups is 1. The quantitative estimate of drug-likeness (QED) is 0.871. The van der Waals surface area contributed by atoms with E-state index in [2.05, 4.69) is 46.4 Å². The van der Waals surface area contributed by atoms with Crippen molar-refractivity contribution < 1.29 is 5.11 Å². The van der Waals surface area contributed by atoms with Crippen molar-refractivity contribution in [2.24, 2.45) is 0 Å². The van der Waals surface area contributed by atoms with Crippen molar-refractivity contribution in [3.8, 4) is 0 Å². The number of hydrogen-bond donors (Lipinski definition) is 2. The number of rotatable bonds is 5. The van der Waals surface area contributed by atoms with Gasteiger partial charge in [0.1, 0.15) is 0 Å². The van der Waals surface area contributed by atoms with Crippen molar-refractivity contribution in [3.05, 3.63) is 50.1 Å². The molecule has 0 amide bonds. The van der Waals surface area contributed by atoms with Crippen molar-refractivity contribution in [3.63, 3.8) is 0 Å². The first-order valence-electron chi connectivity index (χ1n) is 5.87. The molecular weight excluding hydrogens is 310 g/mol. The van der Waals surface area contributed by atoms with Gasteiger partial charge in [0.25, 0.3) is 0 Å². The van der Waals surface area contributed by atoms with E-state index < -0.39 is 0 Å². The summed E-state index contributed by atoms with van der Waals surface area (Å²) in [6, 6.07) is 10.4. The van der Waals surface area contributed by atoms with Crippen LogP contribution in [0.2, 0.25) is 0 Å². The first kappa shape index (κ1) is 13.6. The largest absolute Gasteiger partial charge is 0.396 e. The van der Waals surface area contributed by atoms with Gasteiger partial charge in [-0.25, -0.2) is 0 Å². The van der Waals surface area contributed by atoms with Gasteiger partial charge in [-0.1, -0.05) is 12.1 Å². The van der Waals surface area contributed by atoms with Crippen LogP contribution in [0.4, 0.5) is 5.69 Å². The molecule has 0 fully saturated rings. The van der Waals surface area contributed by atoms with Crippen LogP contribution in [0, 0.1) is 6.92 Å². The summed E-state index contributed by atoms with van der Waals surface area (Å²) in [4.78, 5) is 2.63. The number of thiophene rings is 1. The Bertz CT molecular complexity index is 488. The topological polar surface area (TPSA) is 32.3 Å². The molecule has 4 heteroatoms. The molecule has 2 rings (SSSR count). The van der Waals surface area contributed by atoms with E-state index in [0.717, 1.165) is 24.2 Å². The van der Waals surface area contributed by atoms with Crippen molar-refractivity contribution in [1.82, 2.24) is 0 Å². The van der Waals surface area contributed by atoms with Crippen molar-refractivity contribution in [2.75, 3.05) is 11.9 Å². The minimum Gasteiger partial charge on any atom is -0.396 e. The first-order chi connectivity index (χ1) is 8.69. The zero-order valence-corrected chi connectivity index (χ0v) is 12.6. The van der Waals surface area contributed by atoms with Gasteiger partial charge in [0.15, 0.2) is 0 Å². The Labute approximate surface area is 120 Å². The van der Waals surface area contributed by atoms with E-state index in [1.165, 1.54) is 14.2 Å². The number of aliphatic hydroxyl groups excluding tert-OH is 1. The smallest absolute Gasteiger partial charge is 0.0494 e. The van der Waals surface area contributed by atoms with Crippen LogP contribution >= 0.6 is 27.3 Å². The maximum atomic E-state index is 8.85. The molecule has 0 radical (unpaired) electrons. The first-order valence-corrected chi connectivity index (χ1v) is 7.48. The van der Waals surface area contributed by atoms with Crippen molar-refractivity contribution in [1.29, 1.82) is 0 Å². The molecule has 96 valence electrons. The maximum absolute atomic E-state index is 8.85. The summed E-state index contributed by atoms with van der Waals surface area (Å²) in [5, 5.41) is 12.2. The third kappa shape index (κ3) is 3.57. The second-order valence-corrected chi connectivity index (χ2v) is 6.34. The van der Waals surface area contributed by atoms with Gasteiger partial charge in [-0.2, -0.15) is 0 Å². The molecule has 0 bridgehead atoms. The van der Waals surface area contributed by atoms with E-state index in [-0.39, 0.29) is 6.61 Å². The molecule has 1 heterocycles. The molecule has 0 aliphatic carbocycles. The third-order valence-electron chi connectivity index (χ3n) is 2.73. The maximum Gasteiger partial charge on any atom is 0.0494 e. The Hall–Kier alpha value is -0.840. The molecule has 0 unspecified atom stereocenters. The lowest BCUT2D eigenvalue weighted by Gasteiger charge is -2.05. The van der Waals surface area contributed by atoms with Gasteiger partial charge in [0.05, 0.1) is 0 Å². The summed E-state index contributed by atoms with van der Waals surface area (Å²) in [5.74, 6) is 0. The summed E-state index contributed by atoms with van der Waals surface area (Å²) < 4.78 is 1.18. The fraction of sp³-hybridized carbons (Fsp3) is 0.286. The second-order valence-electron chi connectivity index (χ2n) is 4.14. The van der Waals surface area contributed by atoms with E-state index in [9.17, 15) is 0 Å². The van der Waals surface area contributed by atoms with Gasteiger partial charge in [-0.15, -0.1) is 11.3 Å². The molecule has 1 aromatic carbocycles. The van der Waals surface area contributed by atoms with Gasteiger partial charge >= 0.3 is 0 Å². The van der Waals surface area contributed by atoms with Crippen molar-refractivity contribution >= 4 is 33.0 Å². The molecule has 1 aromatic heterocycles. The van der Waals surface area contributed by atoms with E-state index in [0.29, 0.717) is 0 Å². The highest BCUT2D eigenvalue weighted by Crippen LogP contribution is 2.26. The molecule has 0 spiro atoms. The third-order valence-corrected chi connectivity index (χ3v) is 4.87. The van der Waals surface area contributed by atoms with Crippen LogP contribution < -0.4 is 5.32 Å². The summed E-state index contributed by atoms with van der Waals surface area (Å²) in [5.41, 5.74) is 2.27. The fourth-order valence-electron chi connectivity index (χ4n) is 1.71. The number of benzene rings is 1. The minimum absolute atomic E-state index is 0.204. The number of hydrogen-bond acceptors (Lipinski definition) is 3. The number of nitrogens with one attached hydrogen (secondary N) is 1. The normalized spacial score (nSPS) is 10.6. The molecule has 18 heavy (non-hydrogen) atoms. The highest BCUT2D eigenvalue weighted by atomic mass is 79.9. The summed E-state index contributed by atoms with van der Waals surface area (Å²) in [7, 11) is 0. The van der Waals surface area contributed by atoms with Gasteiger partial charge < -0.3 is 10.4 Å². The van der Waals surface area contributed by atoms with Crippen LogP contribution in [0.15, 0.2) is 34.8 Å². The van der Waals surface area contributed by atoms with E-state index in [4.69, 9.17) is 5.11 Å². The molecule has 0 aliphatic heterocycles.